The van der Waals surface area contributed by atoms with Crippen LogP contribution in [0.4, 0.5) is 0 Å². The minimum atomic E-state index is -0.0689. The summed E-state index contributed by atoms with van der Waals surface area (Å²) in [5.41, 5.74) is 1.69. The number of hydrogen-bond donors (Lipinski definition) is 1. The number of allylic oxidation sites excluding steroid dienone is 4. The molecule has 0 aromatic heterocycles. The number of rotatable bonds is 3. The quantitative estimate of drug-likeness (QED) is 0.748. The van der Waals surface area contributed by atoms with Gasteiger partial charge in [0.15, 0.2) is 0 Å². The van der Waals surface area contributed by atoms with Crippen molar-refractivity contribution in [3.8, 4) is 0 Å². The fourth-order valence-corrected chi connectivity index (χ4v) is 0.774. The maximum absolute atomic E-state index is 10.7. The van der Waals surface area contributed by atoms with Crippen LogP contribution in [0.1, 0.15) is 34.6 Å². The Labute approximate surface area is 97.9 Å². The van der Waals surface area contributed by atoms with Crippen LogP contribution in [0.15, 0.2) is 36.1 Å². The van der Waals surface area contributed by atoms with Gasteiger partial charge < -0.3 is 10.1 Å². The van der Waals surface area contributed by atoms with Crippen LogP contribution in [0.2, 0.25) is 0 Å². The lowest BCUT2D eigenvalue weighted by Crippen LogP contribution is -2.17. The molecule has 0 saturated carbocycles. The Kier molecular flexibility index (Phi) is 10.4. The summed E-state index contributed by atoms with van der Waals surface area (Å²) in [5, 5.41) is 2.69. The van der Waals surface area contributed by atoms with Crippen LogP contribution in [-0.4, -0.2) is 11.7 Å². The third-order valence-corrected chi connectivity index (χ3v) is 1.07. The highest BCUT2D eigenvalue weighted by Gasteiger charge is 1.93. The molecule has 0 unspecified atom stereocenters. The normalized spacial score (nSPS) is 10.4. The minimum absolute atomic E-state index is 0.0689. The van der Waals surface area contributed by atoms with E-state index in [1.54, 1.807) is 0 Å². The van der Waals surface area contributed by atoms with Crippen molar-refractivity contribution in [1.82, 2.24) is 5.32 Å². The van der Waals surface area contributed by atoms with Gasteiger partial charge in [-0.3, -0.25) is 4.79 Å². The van der Waals surface area contributed by atoms with E-state index < -0.39 is 0 Å². The maximum Gasteiger partial charge on any atom is 0.221 e. The highest BCUT2D eigenvalue weighted by Crippen LogP contribution is 1.98. The molecule has 90 valence electrons. The van der Waals surface area contributed by atoms with Crippen molar-refractivity contribution < 1.29 is 9.59 Å². The molecule has 0 aromatic carbocycles. The number of hydrogen-bond acceptors (Lipinski definition) is 2. The van der Waals surface area contributed by atoms with Crippen LogP contribution in [-0.2, 0) is 9.59 Å². The Morgan fingerprint density at radius 2 is 1.56 bits per heavy atom. The molecule has 0 atom stereocenters. The molecule has 16 heavy (non-hydrogen) atoms. The first-order valence-corrected chi connectivity index (χ1v) is 5.04. The Morgan fingerprint density at radius 1 is 1.12 bits per heavy atom. The zero-order valence-corrected chi connectivity index (χ0v) is 10.8. The molecule has 3 nitrogen and oxygen atoms in total. The average Bonchev–Trinajstić information content (AvgIpc) is 1.99. The lowest BCUT2D eigenvalue weighted by Gasteiger charge is -2.01. The van der Waals surface area contributed by atoms with Gasteiger partial charge in [0.1, 0.15) is 5.78 Å². The predicted molar refractivity (Wildman–Crippen MR) is 67.9 cm³/mol. The van der Waals surface area contributed by atoms with Gasteiger partial charge in [0.2, 0.25) is 5.91 Å². The van der Waals surface area contributed by atoms with Crippen LogP contribution >= 0.6 is 0 Å². The van der Waals surface area contributed by atoms with Gasteiger partial charge in [-0.05, 0) is 39.8 Å². The Morgan fingerprint density at radius 3 is 1.81 bits per heavy atom. The topological polar surface area (TPSA) is 46.2 Å². The molecule has 3 heteroatoms. The van der Waals surface area contributed by atoms with E-state index in [4.69, 9.17) is 0 Å². The monoisotopic (exact) mass is 223 g/mol. The first-order chi connectivity index (χ1) is 7.29. The molecule has 0 aliphatic rings. The second-order valence-electron chi connectivity index (χ2n) is 3.54. The van der Waals surface area contributed by atoms with Gasteiger partial charge >= 0.3 is 0 Å². The average molecular weight is 223 g/mol. The molecule has 0 bridgehead atoms. The van der Waals surface area contributed by atoms with E-state index in [0.29, 0.717) is 0 Å². The van der Waals surface area contributed by atoms with Crippen molar-refractivity contribution in [2.45, 2.75) is 34.6 Å². The largest absolute Gasteiger partial charge is 0.326 e. The molecule has 0 radical (unpaired) electrons. The fraction of sp³-hybridized carbons (Fsp3) is 0.385. The summed E-state index contributed by atoms with van der Waals surface area (Å²) in [5.74, 6) is 0.0978. The van der Waals surface area contributed by atoms with Crippen molar-refractivity contribution in [3.63, 3.8) is 0 Å². The summed E-state index contributed by atoms with van der Waals surface area (Å²) in [6, 6.07) is 0. The van der Waals surface area contributed by atoms with E-state index in [2.05, 4.69) is 11.9 Å². The molecule has 0 aliphatic carbocycles. The summed E-state index contributed by atoms with van der Waals surface area (Å²) in [6.07, 6.45) is 5.52. The first kappa shape index (κ1) is 16.8. The molecule has 1 amide bonds. The molecule has 0 heterocycles. The molecular formula is C13H21NO2. The summed E-state index contributed by atoms with van der Waals surface area (Å²) in [4.78, 5) is 20.1. The second kappa shape index (κ2) is 9.90. The van der Waals surface area contributed by atoms with Crippen molar-refractivity contribution in [2.24, 2.45) is 0 Å². The lowest BCUT2D eigenvalue weighted by atomic mass is 10.2. The summed E-state index contributed by atoms with van der Waals surface area (Å²) >= 11 is 0. The van der Waals surface area contributed by atoms with Gasteiger partial charge in [0, 0.05) is 12.6 Å². The lowest BCUT2D eigenvalue weighted by molar-refractivity contribution is -0.118. The number of carbonyl (C=O) groups excluding carboxylic acids is 2. The van der Waals surface area contributed by atoms with Gasteiger partial charge in [-0.1, -0.05) is 18.2 Å². The van der Waals surface area contributed by atoms with Crippen molar-refractivity contribution in [2.75, 3.05) is 0 Å². The molecular weight excluding hydrogens is 202 g/mol. The van der Waals surface area contributed by atoms with Gasteiger partial charge in [-0.15, -0.1) is 0 Å². The molecule has 0 rings (SSSR count). The number of carbonyl (C=O) groups is 2. The van der Waals surface area contributed by atoms with Gasteiger partial charge in [-0.25, -0.2) is 0 Å². The number of amides is 1. The molecule has 0 saturated heterocycles. The third kappa shape index (κ3) is 18.2. The van der Waals surface area contributed by atoms with E-state index in [-0.39, 0.29) is 11.7 Å². The van der Waals surface area contributed by atoms with E-state index in [9.17, 15) is 9.59 Å². The predicted octanol–water partition coefficient (Wildman–Crippen LogP) is 2.75. The number of ketones is 1. The van der Waals surface area contributed by atoms with Gasteiger partial charge in [0.25, 0.3) is 0 Å². The summed E-state index contributed by atoms with van der Waals surface area (Å²) in [6.45, 7) is 12.0. The molecule has 0 aromatic rings. The van der Waals surface area contributed by atoms with Crippen LogP contribution < -0.4 is 5.32 Å². The molecule has 1 N–H and O–H groups in total. The van der Waals surface area contributed by atoms with Crippen LogP contribution in [0.3, 0.4) is 0 Å². The first-order valence-electron chi connectivity index (χ1n) is 5.04. The van der Waals surface area contributed by atoms with E-state index in [1.807, 2.05) is 32.1 Å². The standard InChI is InChI=1S/C10H15NO.C3H6O/c1-5-6-10(7-8(2)3)11-9(4)12;1-3(2)4/h5-7H,2H2,1,3-4H3,(H,11,12);1-2H3/b6-5-,10-7+;. The van der Waals surface area contributed by atoms with E-state index >= 15 is 0 Å². The Balaban J connectivity index is 0. The SMILES string of the molecule is C=C(C)/C=C(\C=C/C)NC(C)=O.CC(C)=O. The molecule has 0 fully saturated rings. The third-order valence-electron chi connectivity index (χ3n) is 1.07. The zero-order chi connectivity index (χ0) is 13.1. The number of nitrogens with one attached hydrogen (secondary N) is 1. The van der Waals surface area contributed by atoms with Crippen molar-refractivity contribution >= 4 is 11.7 Å². The van der Waals surface area contributed by atoms with Gasteiger partial charge in [-0.2, -0.15) is 0 Å². The highest BCUT2D eigenvalue weighted by molar-refractivity contribution is 5.75. The van der Waals surface area contributed by atoms with Crippen LogP contribution in [0.5, 0.6) is 0 Å². The van der Waals surface area contributed by atoms with E-state index in [1.165, 1.54) is 20.8 Å². The molecule has 0 aliphatic heterocycles. The van der Waals surface area contributed by atoms with E-state index in [0.717, 1.165) is 11.3 Å². The maximum atomic E-state index is 10.7. The second-order valence-corrected chi connectivity index (χ2v) is 3.54. The molecule has 0 spiro atoms. The van der Waals surface area contributed by atoms with Gasteiger partial charge in [0.05, 0.1) is 0 Å². The van der Waals surface area contributed by atoms with Crippen LogP contribution in [0, 0.1) is 0 Å². The van der Waals surface area contributed by atoms with Crippen molar-refractivity contribution in [3.05, 3.63) is 36.1 Å². The summed E-state index contributed by atoms with van der Waals surface area (Å²) in [7, 11) is 0. The Bertz CT molecular complexity index is 308. The number of Topliss-reactive ketones (excluding diaryl/α,β-unsaturated/α-hetero) is 1. The zero-order valence-electron chi connectivity index (χ0n) is 10.8. The highest BCUT2D eigenvalue weighted by atomic mass is 16.1. The fourth-order valence-electron chi connectivity index (χ4n) is 0.774. The Hall–Kier alpha value is -1.64. The summed E-state index contributed by atoms with van der Waals surface area (Å²) < 4.78 is 0. The van der Waals surface area contributed by atoms with Crippen molar-refractivity contribution in [1.29, 1.82) is 0 Å². The van der Waals surface area contributed by atoms with Crippen LogP contribution in [0.25, 0.3) is 0 Å². The smallest absolute Gasteiger partial charge is 0.221 e. The minimum Gasteiger partial charge on any atom is -0.326 e.